The maximum Gasteiger partial charge on any atom is 0.224 e. The lowest BCUT2D eigenvalue weighted by atomic mass is 10.1. The van der Waals surface area contributed by atoms with Crippen molar-refractivity contribution in [2.45, 2.75) is 19.8 Å². The van der Waals surface area contributed by atoms with Crippen molar-refractivity contribution in [1.29, 1.82) is 0 Å². The Morgan fingerprint density at radius 3 is 1.96 bits per heavy atom. The zero-order valence-electron chi connectivity index (χ0n) is 14.7. The number of amides is 2. The molecular weight excluding hydrogens is 338 g/mol. The number of hydrogen-bond donors (Lipinski definition) is 1. The third-order valence-corrected chi connectivity index (χ3v) is 4.01. The van der Waals surface area contributed by atoms with E-state index in [1.807, 2.05) is 0 Å². The van der Waals surface area contributed by atoms with Gasteiger partial charge in [-0.25, -0.2) is 8.78 Å². The van der Waals surface area contributed by atoms with Crippen molar-refractivity contribution in [2.24, 2.45) is 0 Å². The Balaban J connectivity index is 1.75. The molecule has 4 nitrogen and oxygen atoms in total. The highest BCUT2D eigenvalue weighted by atomic mass is 19.1. The second-order valence-corrected chi connectivity index (χ2v) is 6.04. The van der Waals surface area contributed by atoms with E-state index in [0.29, 0.717) is 26.1 Å². The first-order valence-electron chi connectivity index (χ1n) is 8.45. The van der Waals surface area contributed by atoms with Gasteiger partial charge in [0.1, 0.15) is 11.6 Å². The van der Waals surface area contributed by atoms with Gasteiger partial charge in [-0.1, -0.05) is 24.3 Å². The van der Waals surface area contributed by atoms with Gasteiger partial charge in [-0.05, 0) is 41.8 Å². The molecule has 1 N–H and O–H groups in total. The number of carbonyl (C=O) groups is 2. The third-order valence-electron chi connectivity index (χ3n) is 4.01. The average Bonchev–Trinajstić information content (AvgIpc) is 2.61. The molecule has 0 radical (unpaired) electrons. The minimum atomic E-state index is -0.340. The van der Waals surface area contributed by atoms with Crippen LogP contribution in [-0.2, 0) is 22.4 Å². The van der Waals surface area contributed by atoms with E-state index in [0.717, 1.165) is 11.1 Å². The number of hydrogen-bond acceptors (Lipinski definition) is 2. The summed E-state index contributed by atoms with van der Waals surface area (Å²) in [6, 6.07) is 11.9. The number of carbonyl (C=O) groups excluding carboxylic acids is 2. The standard InChI is InChI=1S/C20H22F2N2O2/c1-15(25)24(12-10-16-2-6-18(21)7-3-16)13-11-23-20(26)14-17-4-8-19(22)9-5-17/h2-9H,10-14H2,1H3,(H,23,26). The molecule has 2 amide bonds. The molecular formula is C20H22F2N2O2. The molecule has 2 aromatic carbocycles. The third kappa shape index (κ3) is 6.63. The summed E-state index contributed by atoms with van der Waals surface area (Å²) in [5.74, 6) is -0.896. The Morgan fingerprint density at radius 1 is 0.885 bits per heavy atom. The van der Waals surface area contributed by atoms with Crippen LogP contribution >= 0.6 is 0 Å². The number of rotatable bonds is 8. The maximum absolute atomic E-state index is 12.9. The first-order chi connectivity index (χ1) is 12.4. The molecule has 2 rings (SSSR count). The number of halogens is 2. The largest absolute Gasteiger partial charge is 0.354 e. The van der Waals surface area contributed by atoms with E-state index in [4.69, 9.17) is 0 Å². The van der Waals surface area contributed by atoms with Gasteiger partial charge in [0.15, 0.2) is 0 Å². The lowest BCUT2D eigenvalue weighted by Crippen LogP contribution is -2.39. The van der Waals surface area contributed by atoms with Crippen LogP contribution in [0.15, 0.2) is 48.5 Å². The summed E-state index contributed by atoms with van der Waals surface area (Å²) in [6.45, 7) is 2.70. The van der Waals surface area contributed by atoms with Crippen molar-refractivity contribution in [3.8, 4) is 0 Å². The van der Waals surface area contributed by atoms with E-state index in [1.54, 1.807) is 29.2 Å². The molecule has 0 saturated carbocycles. The highest BCUT2D eigenvalue weighted by Crippen LogP contribution is 2.05. The lowest BCUT2D eigenvalue weighted by Gasteiger charge is -2.21. The summed E-state index contributed by atoms with van der Waals surface area (Å²) >= 11 is 0. The molecule has 0 spiro atoms. The molecule has 0 aliphatic heterocycles. The minimum Gasteiger partial charge on any atom is -0.354 e. The van der Waals surface area contributed by atoms with Gasteiger partial charge in [0, 0.05) is 26.6 Å². The summed E-state index contributed by atoms with van der Waals surface area (Å²) in [7, 11) is 0. The van der Waals surface area contributed by atoms with Crippen LogP contribution in [0.25, 0.3) is 0 Å². The van der Waals surface area contributed by atoms with E-state index in [1.165, 1.54) is 31.2 Å². The molecule has 0 saturated heterocycles. The Morgan fingerprint density at radius 2 is 1.42 bits per heavy atom. The van der Waals surface area contributed by atoms with Gasteiger partial charge < -0.3 is 10.2 Å². The Hall–Kier alpha value is -2.76. The summed E-state index contributed by atoms with van der Waals surface area (Å²) in [4.78, 5) is 25.3. The average molecular weight is 360 g/mol. The molecule has 0 aliphatic carbocycles. The predicted octanol–water partition coefficient (Wildman–Crippen LogP) is 2.71. The van der Waals surface area contributed by atoms with E-state index < -0.39 is 0 Å². The van der Waals surface area contributed by atoms with Crippen LogP contribution in [0.2, 0.25) is 0 Å². The Bertz CT molecular complexity index is 730. The normalized spacial score (nSPS) is 10.4. The van der Waals surface area contributed by atoms with Gasteiger partial charge in [0.2, 0.25) is 11.8 Å². The zero-order valence-corrected chi connectivity index (χ0v) is 14.7. The fourth-order valence-electron chi connectivity index (χ4n) is 2.52. The second-order valence-electron chi connectivity index (χ2n) is 6.04. The zero-order chi connectivity index (χ0) is 18.9. The molecule has 0 aromatic heterocycles. The first-order valence-corrected chi connectivity index (χ1v) is 8.45. The lowest BCUT2D eigenvalue weighted by molar-refractivity contribution is -0.129. The quantitative estimate of drug-likeness (QED) is 0.787. The van der Waals surface area contributed by atoms with E-state index in [2.05, 4.69) is 5.32 Å². The highest BCUT2D eigenvalue weighted by Gasteiger charge is 2.10. The number of nitrogens with one attached hydrogen (secondary N) is 1. The fraction of sp³-hybridized carbons (Fsp3) is 0.300. The van der Waals surface area contributed by atoms with E-state index in [-0.39, 0.29) is 29.9 Å². The molecule has 0 unspecified atom stereocenters. The summed E-state index contributed by atoms with van der Waals surface area (Å²) < 4.78 is 25.8. The molecule has 0 aliphatic rings. The van der Waals surface area contributed by atoms with E-state index in [9.17, 15) is 18.4 Å². The summed E-state index contributed by atoms with van der Waals surface area (Å²) in [5.41, 5.74) is 1.67. The smallest absolute Gasteiger partial charge is 0.224 e. The van der Waals surface area contributed by atoms with Crippen molar-refractivity contribution in [3.05, 3.63) is 71.3 Å². The van der Waals surface area contributed by atoms with Crippen LogP contribution in [0.3, 0.4) is 0 Å². The van der Waals surface area contributed by atoms with Gasteiger partial charge in [-0.2, -0.15) is 0 Å². The van der Waals surface area contributed by atoms with Crippen LogP contribution in [0.1, 0.15) is 18.1 Å². The van der Waals surface area contributed by atoms with Gasteiger partial charge in [0.05, 0.1) is 6.42 Å². The molecule has 0 fully saturated rings. The van der Waals surface area contributed by atoms with Crippen LogP contribution in [-0.4, -0.2) is 36.3 Å². The SMILES string of the molecule is CC(=O)N(CCNC(=O)Cc1ccc(F)cc1)CCc1ccc(F)cc1. The molecule has 26 heavy (non-hydrogen) atoms. The van der Waals surface area contributed by atoms with Crippen LogP contribution < -0.4 is 5.32 Å². The summed E-state index contributed by atoms with van der Waals surface area (Å²) in [5, 5.41) is 2.76. The van der Waals surface area contributed by atoms with Crippen molar-refractivity contribution in [2.75, 3.05) is 19.6 Å². The Labute approximate surface area is 151 Å². The van der Waals surface area contributed by atoms with Crippen LogP contribution in [0, 0.1) is 11.6 Å². The topological polar surface area (TPSA) is 49.4 Å². The van der Waals surface area contributed by atoms with Gasteiger partial charge in [0.25, 0.3) is 0 Å². The number of benzene rings is 2. The summed E-state index contributed by atoms with van der Waals surface area (Å²) in [6.07, 6.45) is 0.777. The monoisotopic (exact) mass is 360 g/mol. The van der Waals surface area contributed by atoms with Crippen molar-refractivity contribution >= 4 is 11.8 Å². The Kier molecular flexibility index (Phi) is 7.26. The van der Waals surface area contributed by atoms with Crippen LogP contribution in [0.4, 0.5) is 8.78 Å². The predicted molar refractivity (Wildman–Crippen MR) is 95.5 cm³/mol. The molecule has 0 bridgehead atoms. The highest BCUT2D eigenvalue weighted by molar-refractivity contribution is 5.78. The minimum absolute atomic E-state index is 0.0834. The molecule has 0 heterocycles. The van der Waals surface area contributed by atoms with Crippen LogP contribution in [0.5, 0.6) is 0 Å². The van der Waals surface area contributed by atoms with E-state index >= 15 is 0 Å². The second kappa shape index (κ2) is 9.65. The van der Waals surface area contributed by atoms with Gasteiger partial charge >= 0.3 is 0 Å². The molecule has 6 heteroatoms. The van der Waals surface area contributed by atoms with Crippen molar-refractivity contribution < 1.29 is 18.4 Å². The van der Waals surface area contributed by atoms with Crippen molar-refractivity contribution in [3.63, 3.8) is 0 Å². The molecule has 138 valence electrons. The molecule has 0 atom stereocenters. The van der Waals surface area contributed by atoms with Crippen molar-refractivity contribution in [1.82, 2.24) is 10.2 Å². The maximum atomic E-state index is 12.9. The fourth-order valence-corrected chi connectivity index (χ4v) is 2.52. The number of nitrogens with zero attached hydrogens (tertiary/aromatic N) is 1. The molecule has 2 aromatic rings. The van der Waals surface area contributed by atoms with Gasteiger partial charge in [-0.3, -0.25) is 9.59 Å². The van der Waals surface area contributed by atoms with Gasteiger partial charge in [-0.15, -0.1) is 0 Å². The first kappa shape index (κ1) is 19.6.